The second-order valence-corrected chi connectivity index (χ2v) is 8.30. The molecule has 0 aliphatic carbocycles. The van der Waals surface area contributed by atoms with E-state index < -0.39 is 29.8 Å². The van der Waals surface area contributed by atoms with Gasteiger partial charge in [-0.15, -0.1) is 0 Å². The summed E-state index contributed by atoms with van der Waals surface area (Å²) in [5, 5.41) is 5.07. The second kappa shape index (κ2) is 7.86. The normalized spacial score (nSPS) is 17.8. The number of aromatic nitrogens is 2. The molecule has 9 heteroatoms. The summed E-state index contributed by atoms with van der Waals surface area (Å²) in [7, 11) is 0. The Kier molecular flexibility index (Phi) is 5.07. The van der Waals surface area contributed by atoms with E-state index in [0.29, 0.717) is 23.9 Å². The van der Waals surface area contributed by atoms with Crippen LogP contribution in [0, 0.1) is 11.6 Å². The molecule has 0 N–H and O–H groups in total. The van der Waals surface area contributed by atoms with Crippen LogP contribution in [0.5, 0.6) is 5.75 Å². The maximum absolute atomic E-state index is 14.0. The Labute approximate surface area is 192 Å². The summed E-state index contributed by atoms with van der Waals surface area (Å²) in [5.74, 6) is -5.49. The van der Waals surface area contributed by atoms with E-state index in [4.69, 9.17) is 4.74 Å². The molecule has 0 fully saturated rings. The molecule has 0 spiro atoms. The van der Waals surface area contributed by atoms with Crippen molar-refractivity contribution in [3.05, 3.63) is 84.1 Å². The van der Waals surface area contributed by atoms with Gasteiger partial charge in [-0.25, -0.2) is 13.5 Å². The Balaban J connectivity index is 1.49. The lowest BCUT2D eigenvalue weighted by atomic mass is 10.1. The fraction of sp³-hybridized carbons (Fsp3) is 0.200. The molecule has 1 amide bonds. The summed E-state index contributed by atoms with van der Waals surface area (Å²) in [6.07, 6.45) is 0.756. The van der Waals surface area contributed by atoms with Gasteiger partial charge in [0.15, 0.2) is 0 Å². The van der Waals surface area contributed by atoms with Gasteiger partial charge in [0.2, 0.25) is 0 Å². The molecule has 0 radical (unpaired) electrons. The van der Waals surface area contributed by atoms with Crippen LogP contribution >= 0.6 is 0 Å². The standard InChI is InChI=1S/C25H19F4N3O2/c1-14-23(20-12-17(27)5-9-22(20)31(14)24(33)25(2,28)29)34-19-8-10-21-15(11-19)13-30-32(21)18-6-3-16(26)4-7-18/h3-14,23H,1-2H3/t14-,23-/m0/s1. The number of halogens is 4. The lowest BCUT2D eigenvalue weighted by molar-refractivity contribution is -0.140. The van der Waals surface area contributed by atoms with Crippen molar-refractivity contribution in [2.45, 2.75) is 31.9 Å². The van der Waals surface area contributed by atoms with Crippen molar-refractivity contribution in [2.75, 3.05) is 4.90 Å². The molecular weight excluding hydrogens is 450 g/mol. The van der Waals surface area contributed by atoms with E-state index >= 15 is 0 Å². The van der Waals surface area contributed by atoms with Crippen LogP contribution in [0.3, 0.4) is 0 Å². The summed E-state index contributed by atoms with van der Waals surface area (Å²) >= 11 is 0. The van der Waals surface area contributed by atoms with Gasteiger partial charge in [-0.3, -0.25) is 9.69 Å². The van der Waals surface area contributed by atoms with Crippen molar-refractivity contribution in [1.82, 2.24) is 9.78 Å². The Morgan fingerprint density at radius 3 is 2.41 bits per heavy atom. The maximum Gasteiger partial charge on any atom is 0.322 e. The van der Waals surface area contributed by atoms with Gasteiger partial charge in [-0.05, 0) is 67.6 Å². The van der Waals surface area contributed by atoms with E-state index in [-0.39, 0.29) is 11.5 Å². The number of nitrogens with zero attached hydrogens (tertiary/aromatic N) is 3. The van der Waals surface area contributed by atoms with Crippen molar-refractivity contribution >= 4 is 22.5 Å². The summed E-state index contributed by atoms with van der Waals surface area (Å²) in [6, 6.07) is 13.9. The van der Waals surface area contributed by atoms with Crippen molar-refractivity contribution in [2.24, 2.45) is 0 Å². The van der Waals surface area contributed by atoms with E-state index in [2.05, 4.69) is 5.10 Å². The Morgan fingerprint density at radius 1 is 1.00 bits per heavy atom. The third-order valence-corrected chi connectivity index (χ3v) is 5.87. The number of carbonyl (C=O) groups excluding carboxylic acids is 1. The van der Waals surface area contributed by atoms with E-state index in [9.17, 15) is 22.4 Å². The zero-order chi connectivity index (χ0) is 24.2. The number of alkyl halides is 2. The van der Waals surface area contributed by atoms with Gasteiger partial charge in [-0.2, -0.15) is 13.9 Å². The molecule has 0 saturated heterocycles. The van der Waals surface area contributed by atoms with Crippen LogP contribution < -0.4 is 9.64 Å². The van der Waals surface area contributed by atoms with Crippen molar-refractivity contribution in [3.63, 3.8) is 0 Å². The van der Waals surface area contributed by atoms with Gasteiger partial charge in [0.1, 0.15) is 23.5 Å². The average molecular weight is 469 g/mol. The van der Waals surface area contributed by atoms with Gasteiger partial charge in [0, 0.05) is 17.9 Å². The van der Waals surface area contributed by atoms with Gasteiger partial charge < -0.3 is 4.74 Å². The summed E-state index contributed by atoms with van der Waals surface area (Å²) in [5.41, 5.74) is 1.92. The number of amides is 1. The van der Waals surface area contributed by atoms with Crippen LogP contribution in [-0.4, -0.2) is 27.7 Å². The number of benzene rings is 3. The Hall–Kier alpha value is -3.88. The quantitative estimate of drug-likeness (QED) is 0.354. The third kappa shape index (κ3) is 3.67. The lowest BCUT2D eigenvalue weighted by Crippen LogP contribution is -2.46. The first-order chi connectivity index (χ1) is 16.1. The smallest absolute Gasteiger partial charge is 0.322 e. The van der Waals surface area contributed by atoms with E-state index in [0.717, 1.165) is 21.9 Å². The summed E-state index contributed by atoms with van der Waals surface area (Å²) < 4.78 is 62.8. The van der Waals surface area contributed by atoms with Gasteiger partial charge in [0.25, 0.3) is 5.91 Å². The van der Waals surface area contributed by atoms with Gasteiger partial charge in [-0.1, -0.05) is 0 Å². The Bertz CT molecular complexity index is 1400. The van der Waals surface area contributed by atoms with Gasteiger partial charge in [0.05, 0.1) is 29.1 Å². The predicted molar refractivity (Wildman–Crippen MR) is 118 cm³/mol. The molecule has 5 nitrogen and oxygen atoms in total. The molecule has 2 heterocycles. The number of fused-ring (bicyclic) bond motifs is 2. The summed E-state index contributed by atoms with van der Waals surface area (Å²) in [6.45, 7) is 2.11. The topological polar surface area (TPSA) is 47.4 Å². The van der Waals surface area contributed by atoms with Crippen LogP contribution in [0.2, 0.25) is 0 Å². The molecule has 0 unspecified atom stereocenters. The van der Waals surface area contributed by atoms with Crippen molar-refractivity contribution < 1.29 is 27.1 Å². The minimum Gasteiger partial charge on any atom is -0.483 e. The van der Waals surface area contributed by atoms with Crippen molar-refractivity contribution in [1.29, 1.82) is 0 Å². The first-order valence-electron chi connectivity index (χ1n) is 10.5. The van der Waals surface area contributed by atoms with Crippen LogP contribution in [-0.2, 0) is 4.79 Å². The highest BCUT2D eigenvalue weighted by atomic mass is 19.3. The first kappa shape index (κ1) is 21.9. The molecule has 4 aromatic rings. The van der Waals surface area contributed by atoms with Crippen LogP contribution in [0.15, 0.2) is 66.9 Å². The van der Waals surface area contributed by atoms with Crippen LogP contribution in [0.4, 0.5) is 23.2 Å². The predicted octanol–water partition coefficient (Wildman–Crippen LogP) is 5.81. The minimum atomic E-state index is -3.59. The molecule has 5 rings (SSSR count). The zero-order valence-electron chi connectivity index (χ0n) is 18.2. The molecule has 2 atom stereocenters. The fourth-order valence-corrected chi connectivity index (χ4v) is 4.27. The lowest BCUT2D eigenvalue weighted by Gasteiger charge is -2.27. The first-order valence-corrected chi connectivity index (χ1v) is 10.5. The molecule has 0 saturated carbocycles. The van der Waals surface area contributed by atoms with E-state index in [1.807, 2.05) is 0 Å². The molecule has 34 heavy (non-hydrogen) atoms. The SMILES string of the molecule is C[C@H]1[C@H](Oc2ccc3c(cnn3-c3ccc(F)cc3)c2)c2cc(F)ccc2N1C(=O)C(C)(F)F. The van der Waals surface area contributed by atoms with E-state index in [1.54, 1.807) is 48.1 Å². The summed E-state index contributed by atoms with van der Waals surface area (Å²) in [4.78, 5) is 13.4. The third-order valence-electron chi connectivity index (χ3n) is 5.87. The number of hydrogen-bond acceptors (Lipinski definition) is 3. The number of hydrogen-bond donors (Lipinski definition) is 0. The monoisotopic (exact) mass is 469 g/mol. The Morgan fingerprint density at radius 2 is 1.71 bits per heavy atom. The number of ether oxygens (including phenoxy) is 1. The molecule has 174 valence electrons. The molecule has 3 aromatic carbocycles. The molecule has 0 bridgehead atoms. The number of anilines is 1. The average Bonchev–Trinajstić information content (AvgIpc) is 3.32. The number of rotatable bonds is 4. The molecule has 1 aliphatic rings. The zero-order valence-corrected chi connectivity index (χ0v) is 18.2. The van der Waals surface area contributed by atoms with Gasteiger partial charge >= 0.3 is 5.92 Å². The molecule has 1 aromatic heterocycles. The fourth-order valence-electron chi connectivity index (χ4n) is 4.27. The van der Waals surface area contributed by atoms with Crippen LogP contribution in [0.25, 0.3) is 16.6 Å². The van der Waals surface area contributed by atoms with Crippen molar-refractivity contribution in [3.8, 4) is 11.4 Å². The minimum absolute atomic E-state index is 0.190. The second-order valence-electron chi connectivity index (χ2n) is 8.30. The maximum atomic E-state index is 14.0. The highest BCUT2D eigenvalue weighted by molar-refractivity contribution is 6.00. The molecular formula is C25H19F4N3O2. The molecule has 1 aliphatic heterocycles. The van der Waals surface area contributed by atoms with E-state index in [1.165, 1.54) is 24.3 Å². The largest absolute Gasteiger partial charge is 0.483 e. The number of carbonyl (C=O) groups is 1. The highest BCUT2D eigenvalue weighted by Crippen LogP contribution is 2.44. The highest BCUT2D eigenvalue weighted by Gasteiger charge is 2.47. The van der Waals surface area contributed by atoms with Crippen LogP contribution in [0.1, 0.15) is 25.5 Å².